The van der Waals surface area contributed by atoms with E-state index >= 15 is 0 Å². The Kier molecular flexibility index (Phi) is 4.22. The van der Waals surface area contributed by atoms with Crippen LogP contribution in [-0.2, 0) is 0 Å². The first-order valence-corrected chi connectivity index (χ1v) is 5.28. The van der Waals surface area contributed by atoms with Crippen LogP contribution in [0.1, 0.15) is 26.7 Å². The summed E-state index contributed by atoms with van der Waals surface area (Å²) >= 11 is 5.16. The maximum Gasteiger partial charge on any atom is 0.166 e. The van der Waals surface area contributed by atoms with Gasteiger partial charge in [-0.2, -0.15) is 0 Å². The predicted molar refractivity (Wildman–Crippen MR) is 60.7 cm³/mol. The maximum atomic E-state index is 5.16. The van der Waals surface area contributed by atoms with Crippen molar-refractivity contribution in [2.45, 2.75) is 32.7 Å². The Bertz CT molecular complexity index is 191. The molecule has 0 aromatic carbocycles. The van der Waals surface area contributed by atoms with E-state index in [2.05, 4.69) is 36.6 Å². The molecule has 1 aliphatic rings. The minimum absolute atomic E-state index is 0.521. The fourth-order valence-corrected chi connectivity index (χ4v) is 1.52. The molecule has 0 atom stereocenters. The van der Waals surface area contributed by atoms with E-state index in [1.54, 1.807) is 0 Å². The summed E-state index contributed by atoms with van der Waals surface area (Å²) in [4.78, 5) is 0. The number of nitrogens with one attached hydrogen (secondary N) is 2. The Morgan fingerprint density at radius 1 is 1.46 bits per heavy atom. The van der Waals surface area contributed by atoms with Crippen molar-refractivity contribution in [1.29, 1.82) is 0 Å². The molecular formula is C10H18N2S. The normalized spacial score (nSPS) is 16.5. The van der Waals surface area contributed by atoms with Gasteiger partial charge in [0, 0.05) is 12.6 Å². The lowest BCUT2D eigenvalue weighted by Gasteiger charge is -2.16. The van der Waals surface area contributed by atoms with E-state index in [9.17, 15) is 0 Å². The van der Waals surface area contributed by atoms with Crippen molar-refractivity contribution in [2.75, 3.05) is 6.54 Å². The fraction of sp³-hybridized carbons (Fsp3) is 0.700. The Morgan fingerprint density at radius 2 is 2.08 bits per heavy atom. The van der Waals surface area contributed by atoms with Crippen LogP contribution in [0.25, 0.3) is 0 Å². The molecule has 0 unspecified atom stereocenters. The van der Waals surface area contributed by atoms with Crippen molar-refractivity contribution < 1.29 is 0 Å². The zero-order valence-corrected chi connectivity index (χ0v) is 9.16. The quantitative estimate of drug-likeness (QED) is 0.534. The van der Waals surface area contributed by atoms with Crippen LogP contribution in [0.3, 0.4) is 0 Å². The molecule has 1 aliphatic carbocycles. The summed E-state index contributed by atoms with van der Waals surface area (Å²) in [5, 5.41) is 7.29. The van der Waals surface area contributed by atoms with E-state index in [0.29, 0.717) is 12.0 Å². The Balaban J connectivity index is 2.10. The van der Waals surface area contributed by atoms with Gasteiger partial charge in [-0.15, -0.1) is 0 Å². The summed E-state index contributed by atoms with van der Waals surface area (Å²) < 4.78 is 0. The van der Waals surface area contributed by atoms with Crippen LogP contribution >= 0.6 is 12.2 Å². The van der Waals surface area contributed by atoms with Gasteiger partial charge in [-0.05, 0) is 31.0 Å². The fourth-order valence-electron chi connectivity index (χ4n) is 1.27. The van der Waals surface area contributed by atoms with Crippen LogP contribution in [-0.4, -0.2) is 17.7 Å². The summed E-state index contributed by atoms with van der Waals surface area (Å²) in [6, 6.07) is 0.521. The molecule has 0 heterocycles. The van der Waals surface area contributed by atoms with E-state index in [1.807, 2.05) is 0 Å². The van der Waals surface area contributed by atoms with Gasteiger partial charge < -0.3 is 10.6 Å². The van der Waals surface area contributed by atoms with Gasteiger partial charge in [-0.25, -0.2) is 0 Å². The van der Waals surface area contributed by atoms with Crippen LogP contribution in [0.2, 0.25) is 0 Å². The third-order valence-electron chi connectivity index (χ3n) is 2.01. The lowest BCUT2D eigenvalue weighted by Crippen LogP contribution is -2.42. The topological polar surface area (TPSA) is 24.1 Å². The molecule has 3 heteroatoms. The molecule has 0 aliphatic heterocycles. The van der Waals surface area contributed by atoms with Crippen molar-refractivity contribution in [3.8, 4) is 0 Å². The number of thiocarbonyl (C=S) groups is 1. The highest BCUT2D eigenvalue weighted by atomic mass is 32.1. The van der Waals surface area contributed by atoms with E-state index < -0.39 is 0 Å². The first kappa shape index (κ1) is 10.5. The van der Waals surface area contributed by atoms with Crippen molar-refractivity contribution in [3.05, 3.63) is 12.2 Å². The molecule has 0 amide bonds. The van der Waals surface area contributed by atoms with Gasteiger partial charge >= 0.3 is 0 Å². The molecule has 0 saturated heterocycles. The molecule has 0 radical (unpaired) electrons. The predicted octanol–water partition coefficient (Wildman–Crippen LogP) is 1.83. The van der Waals surface area contributed by atoms with Crippen LogP contribution in [0.15, 0.2) is 12.2 Å². The van der Waals surface area contributed by atoms with Gasteiger partial charge in [-0.1, -0.05) is 26.0 Å². The Labute approximate surface area is 85.8 Å². The van der Waals surface area contributed by atoms with Gasteiger partial charge in [0.2, 0.25) is 0 Å². The molecular weight excluding hydrogens is 180 g/mol. The third-order valence-corrected chi connectivity index (χ3v) is 2.28. The molecule has 2 N–H and O–H groups in total. The highest BCUT2D eigenvalue weighted by Gasteiger charge is 2.10. The Morgan fingerprint density at radius 3 is 2.62 bits per heavy atom. The van der Waals surface area contributed by atoms with Crippen molar-refractivity contribution in [3.63, 3.8) is 0 Å². The molecule has 74 valence electrons. The molecule has 0 saturated carbocycles. The van der Waals surface area contributed by atoms with Crippen molar-refractivity contribution in [2.24, 2.45) is 5.92 Å². The van der Waals surface area contributed by atoms with Crippen LogP contribution in [0.5, 0.6) is 0 Å². The zero-order valence-electron chi connectivity index (χ0n) is 8.34. The smallest absolute Gasteiger partial charge is 0.166 e. The number of rotatable bonds is 3. The zero-order chi connectivity index (χ0) is 9.68. The average molecular weight is 198 g/mol. The second kappa shape index (κ2) is 5.22. The summed E-state index contributed by atoms with van der Waals surface area (Å²) in [7, 11) is 0. The minimum Gasteiger partial charge on any atom is -0.362 e. The maximum absolute atomic E-state index is 5.16. The largest absolute Gasteiger partial charge is 0.362 e. The molecule has 0 spiro atoms. The molecule has 0 bridgehead atoms. The lowest BCUT2D eigenvalue weighted by molar-refractivity contribution is 0.598. The van der Waals surface area contributed by atoms with Crippen molar-refractivity contribution in [1.82, 2.24) is 10.6 Å². The van der Waals surface area contributed by atoms with Gasteiger partial charge in [0.1, 0.15) is 0 Å². The number of hydrogen-bond acceptors (Lipinski definition) is 1. The third kappa shape index (κ3) is 4.27. The van der Waals surface area contributed by atoms with Crippen LogP contribution in [0, 0.1) is 5.92 Å². The SMILES string of the molecule is CC(C)CNC(=S)NC1CC=CC1. The monoisotopic (exact) mass is 198 g/mol. The van der Waals surface area contributed by atoms with E-state index in [1.165, 1.54) is 0 Å². The highest BCUT2D eigenvalue weighted by Crippen LogP contribution is 2.08. The summed E-state index contributed by atoms with van der Waals surface area (Å²) in [5.74, 6) is 0.640. The Hall–Kier alpha value is -0.570. The van der Waals surface area contributed by atoms with Gasteiger partial charge in [-0.3, -0.25) is 0 Å². The van der Waals surface area contributed by atoms with E-state index in [-0.39, 0.29) is 0 Å². The molecule has 13 heavy (non-hydrogen) atoms. The van der Waals surface area contributed by atoms with Crippen LogP contribution < -0.4 is 10.6 Å². The average Bonchev–Trinajstić information content (AvgIpc) is 2.53. The summed E-state index contributed by atoms with van der Waals surface area (Å²) in [6.07, 6.45) is 6.60. The summed E-state index contributed by atoms with van der Waals surface area (Å²) in [6.45, 7) is 5.30. The molecule has 0 aromatic heterocycles. The molecule has 0 fully saturated rings. The van der Waals surface area contributed by atoms with Crippen LogP contribution in [0.4, 0.5) is 0 Å². The lowest BCUT2D eigenvalue weighted by atomic mass is 10.2. The van der Waals surface area contributed by atoms with Gasteiger partial charge in [0.05, 0.1) is 0 Å². The number of hydrogen-bond donors (Lipinski definition) is 2. The van der Waals surface area contributed by atoms with E-state index in [4.69, 9.17) is 12.2 Å². The minimum atomic E-state index is 0.521. The highest BCUT2D eigenvalue weighted by molar-refractivity contribution is 7.80. The summed E-state index contributed by atoms with van der Waals surface area (Å²) in [5.41, 5.74) is 0. The molecule has 2 nitrogen and oxygen atoms in total. The molecule has 0 aromatic rings. The first-order valence-electron chi connectivity index (χ1n) is 4.88. The van der Waals surface area contributed by atoms with Crippen molar-refractivity contribution >= 4 is 17.3 Å². The van der Waals surface area contributed by atoms with Gasteiger partial charge in [0.25, 0.3) is 0 Å². The van der Waals surface area contributed by atoms with Gasteiger partial charge in [0.15, 0.2) is 5.11 Å². The second-order valence-electron chi connectivity index (χ2n) is 3.89. The standard InChI is InChI=1S/C10H18N2S/c1-8(2)7-11-10(13)12-9-5-3-4-6-9/h3-4,8-9H,5-7H2,1-2H3,(H2,11,12,13). The second-order valence-corrected chi connectivity index (χ2v) is 4.30. The van der Waals surface area contributed by atoms with E-state index in [0.717, 1.165) is 24.5 Å². The molecule has 1 rings (SSSR count). The first-order chi connectivity index (χ1) is 6.18.